The van der Waals surface area contributed by atoms with Gasteiger partial charge in [0.05, 0.1) is 12.6 Å². The number of carbonyl (C=O) groups excluding carboxylic acids is 2. The number of hydrogen-bond acceptors (Lipinski definition) is 6. The third-order valence-electron chi connectivity index (χ3n) is 2.18. The van der Waals surface area contributed by atoms with E-state index in [0.29, 0.717) is 5.56 Å². The summed E-state index contributed by atoms with van der Waals surface area (Å²) >= 11 is 0. The summed E-state index contributed by atoms with van der Waals surface area (Å²) < 4.78 is 9.75. The van der Waals surface area contributed by atoms with Gasteiger partial charge < -0.3 is 19.4 Å². The SMILES string of the molecule is CCOC(=O)/C(C#N)=C/c1ccccc1OCC(=O)[O-]. The highest BCUT2D eigenvalue weighted by atomic mass is 16.5. The van der Waals surface area contributed by atoms with Gasteiger partial charge in [-0.1, -0.05) is 18.2 Å². The molecule has 0 amide bonds. The molecular weight excluding hydrogens is 262 g/mol. The van der Waals surface area contributed by atoms with Crippen LogP contribution in [-0.4, -0.2) is 25.2 Å². The molecule has 20 heavy (non-hydrogen) atoms. The first-order valence-electron chi connectivity index (χ1n) is 5.79. The van der Waals surface area contributed by atoms with Gasteiger partial charge in [0.1, 0.15) is 24.0 Å². The van der Waals surface area contributed by atoms with Gasteiger partial charge in [0.15, 0.2) is 0 Å². The summed E-state index contributed by atoms with van der Waals surface area (Å²) in [6, 6.07) is 8.14. The van der Waals surface area contributed by atoms with Crippen LogP contribution >= 0.6 is 0 Å². The molecule has 0 aromatic heterocycles. The van der Waals surface area contributed by atoms with E-state index in [1.165, 1.54) is 12.1 Å². The van der Waals surface area contributed by atoms with Gasteiger partial charge in [-0.2, -0.15) is 5.26 Å². The number of nitriles is 1. The molecule has 0 heterocycles. The zero-order valence-corrected chi connectivity index (χ0v) is 10.8. The lowest BCUT2D eigenvalue weighted by atomic mass is 10.1. The molecule has 0 aliphatic carbocycles. The standard InChI is InChI=1S/C14H13NO5/c1-2-19-14(18)11(8-15)7-10-5-3-4-6-12(10)20-9-13(16)17/h3-7H,2,9H2,1H3,(H,16,17)/p-1/b11-7+. The molecule has 1 aromatic carbocycles. The van der Waals surface area contributed by atoms with Gasteiger partial charge in [0, 0.05) is 5.56 Å². The van der Waals surface area contributed by atoms with Crippen LogP contribution < -0.4 is 9.84 Å². The minimum atomic E-state index is -1.37. The van der Waals surface area contributed by atoms with Crippen molar-refractivity contribution in [3.05, 3.63) is 35.4 Å². The fraction of sp³-hybridized carbons (Fsp3) is 0.214. The first-order valence-corrected chi connectivity index (χ1v) is 5.79. The smallest absolute Gasteiger partial charge is 0.348 e. The molecule has 6 nitrogen and oxygen atoms in total. The summed E-state index contributed by atoms with van der Waals surface area (Å²) in [5, 5.41) is 19.3. The van der Waals surface area contributed by atoms with E-state index in [0.717, 1.165) is 0 Å². The van der Waals surface area contributed by atoms with E-state index in [1.54, 1.807) is 31.2 Å². The largest absolute Gasteiger partial charge is 0.546 e. The summed E-state index contributed by atoms with van der Waals surface area (Å²) in [5.41, 5.74) is 0.203. The minimum absolute atomic E-state index is 0.153. The third kappa shape index (κ3) is 4.46. The summed E-state index contributed by atoms with van der Waals surface area (Å²) in [5.74, 6) is -1.88. The number of benzene rings is 1. The Labute approximate surface area is 115 Å². The van der Waals surface area contributed by atoms with Crippen LogP contribution in [0.4, 0.5) is 0 Å². The van der Waals surface area contributed by atoms with E-state index in [2.05, 4.69) is 0 Å². The average Bonchev–Trinajstić information content (AvgIpc) is 2.43. The average molecular weight is 274 g/mol. The van der Waals surface area contributed by atoms with Crippen molar-refractivity contribution in [2.75, 3.05) is 13.2 Å². The molecule has 0 unspecified atom stereocenters. The predicted molar refractivity (Wildman–Crippen MR) is 67.2 cm³/mol. The zero-order valence-electron chi connectivity index (χ0n) is 10.8. The number of rotatable bonds is 6. The Balaban J connectivity index is 3.03. The van der Waals surface area contributed by atoms with Gasteiger partial charge in [-0.15, -0.1) is 0 Å². The Morgan fingerprint density at radius 2 is 2.10 bits per heavy atom. The van der Waals surface area contributed by atoms with Crippen LogP contribution in [-0.2, 0) is 14.3 Å². The molecule has 6 heteroatoms. The van der Waals surface area contributed by atoms with E-state index < -0.39 is 18.5 Å². The van der Waals surface area contributed by atoms with Gasteiger partial charge >= 0.3 is 5.97 Å². The number of aliphatic carboxylic acids is 1. The Morgan fingerprint density at radius 3 is 2.70 bits per heavy atom. The first-order chi connectivity index (χ1) is 9.58. The number of nitrogens with zero attached hydrogens (tertiary/aromatic N) is 1. The molecular formula is C14H12NO5-. The molecule has 0 aliphatic heterocycles. The number of para-hydroxylation sites is 1. The van der Waals surface area contributed by atoms with E-state index in [4.69, 9.17) is 14.7 Å². The van der Waals surface area contributed by atoms with Crippen LogP contribution in [0.1, 0.15) is 12.5 Å². The number of carbonyl (C=O) groups is 2. The van der Waals surface area contributed by atoms with Crippen LogP contribution in [0, 0.1) is 11.3 Å². The van der Waals surface area contributed by atoms with Gasteiger partial charge in [-0.05, 0) is 19.1 Å². The van der Waals surface area contributed by atoms with Gasteiger partial charge in [0.25, 0.3) is 0 Å². The van der Waals surface area contributed by atoms with Gasteiger partial charge in [0.2, 0.25) is 0 Å². The second-order valence-corrected chi connectivity index (χ2v) is 3.59. The molecule has 104 valence electrons. The van der Waals surface area contributed by atoms with E-state index in [9.17, 15) is 14.7 Å². The minimum Gasteiger partial charge on any atom is -0.546 e. The highest BCUT2D eigenvalue weighted by molar-refractivity contribution is 5.98. The van der Waals surface area contributed by atoms with Crippen LogP contribution in [0.3, 0.4) is 0 Å². The maximum absolute atomic E-state index is 11.5. The lowest BCUT2D eigenvalue weighted by molar-refractivity contribution is -0.307. The van der Waals surface area contributed by atoms with Crippen molar-refractivity contribution < 1.29 is 24.2 Å². The monoisotopic (exact) mass is 274 g/mol. The molecule has 0 spiro atoms. The maximum Gasteiger partial charge on any atom is 0.348 e. The summed E-state index contributed by atoms with van der Waals surface area (Å²) in [6.45, 7) is 1.16. The molecule has 0 fully saturated rings. The topological polar surface area (TPSA) is 99.5 Å². The predicted octanol–water partition coefficient (Wildman–Crippen LogP) is 0.285. The molecule has 0 radical (unpaired) electrons. The third-order valence-corrected chi connectivity index (χ3v) is 2.18. The summed E-state index contributed by atoms with van der Waals surface area (Å²) in [7, 11) is 0. The van der Waals surface area contributed by atoms with Crippen molar-refractivity contribution >= 4 is 18.0 Å². The summed E-state index contributed by atoms with van der Waals surface area (Å²) in [6.07, 6.45) is 1.28. The van der Waals surface area contributed by atoms with Crippen LogP contribution in [0.5, 0.6) is 5.75 Å². The van der Waals surface area contributed by atoms with Gasteiger partial charge in [-0.3, -0.25) is 0 Å². The second kappa shape index (κ2) is 7.59. The maximum atomic E-state index is 11.5. The number of carboxylic acid groups (broad SMARTS) is 1. The highest BCUT2D eigenvalue weighted by Crippen LogP contribution is 2.21. The molecule has 0 saturated heterocycles. The van der Waals surface area contributed by atoms with Crippen LogP contribution in [0.15, 0.2) is 29.8 Å². The Bertz CT molecular complexity index is 571. The highest BCUT2D eigenvalue weighted by Gasteiger charge is 2.11. The second-order valence-electron chi connectivity index (χ2n) is 3.59. The zero-order chi connectivity index (χ0) is 15.0. The fourth-order valence-corrected chi connectivity index (χ4v) is 1.37. The lowest BCUT2D eigenvalue weighted by Gasteiger charge is -2.09. The van der Waals surface area contributed by atoms with Crippen molar-refractivity contribution in [3.8, 4) is 11.8 Å². The molecule has 0 aliphatic rings. The Kier molecular flexibility index (Phi) is 5.78. The van der Waals surface area contributed by atoms with Crippen molar-refractivity contribution in [2.24, 2.45) is 0 Å². The van der Waals surface area contributed by atoms with E-state index in [1.807, 2.05) is 0 Å². The lowest BCUT2D eigenvalue weighted by Crippen LogP contribution is -2.29. The van der Waals surface area contributed by atoms with Crippen molar-refractivity contribution in [1.82, 2.24) is 0 Å². The molecule has 0 bridgehead atoms. The number of carboxylic acids is 1. The normalized spacial score (nSPS) is 10.5. The fourth-order valence-electron chi connectivity index (χ4n) is 1.37. The number of esters is 1. The van der Waals surface area contributed by atoms with Crippen LogP contribution in [0.25, 0.3) is 6.08 Å². The molecule has 1 aromatic rings. The van der Waals surface area contributed by atoms with E-state index >= 15 is 0 Å². The van der Waals surface area contributed by atoms with Crippen molar-refractivity contribution in [2.45, 2.75) is 6.92 Å². The number of hydrogen-bond donors (Lipinski definition) is 0. The molecule has 0 N–H and O–H groups in total. The molecule has 0 saturated carbocycles. The first kappa shape index (κ1) is 15.2. The van der Waals surface area contributed by atoms with Crippen LogP contribution in [0.2, 0.25) is 0 Å². The van der Waals surface area contributed by atoms with Gasteiger partial charge in [-0.25, -0.2) is 4.79 Å². The van der Waals surface area contributed by atoms with Crippen molar-refractivity contribution in [3.63, 3.8) is 0 Å². The van der Waals surface area contributed by atoms with E-state index in [-0.39, 0.29) is 17.9 Å². The van der Waals surface area contributed by atoms with Crippen molar-refractivity contribution in [1.29, 1.82) is 5.26 Å². The number of ether oxygens (including phenoxy) is 2. The quantitative estimate of drug-likeness (QED) is 0.420. The Morgan fingerprint density at radius 1 is 1.40 bits per heavy atom. The Hall–Kier alpha value is -2.81. The molecule has 1 rings (SSSR count). The molecule has 0 atom stereocenters. The summed E-state index contributed by atoms with van der Waals surface area (Å²) in [4.78, 5) is 21.9.